The zero-order valence-electron chi connectivity index (χ0n) is 11.5. The van der Waals surface area contributed by atoms with Crippen LogP contribution in [0.3, 0.4) is 0 Å². The first-order chi connectivity index (χ1) is 9.95. The number of alkyl halides is 1. The van der Waals surface area contributed by atoms with Crippen molar-refractivity contribution in [3.05, 3.63) is 60.2 Å². The minimum absolute atomic E-state index is 0.158. The van der Waals surface area contributed by atoms with Crippen LogP contribution in [-0.4, -0.2) is 24.7 Å². The molecule has 0 aliphatic carbocycles. The standard InChI is InChI=1S/C16H15ClO3S/c1-2-21(19,20)16(17)15(18)14-10-8-13(9-11-14)12-6-4-3-5-7-12/h3-11,16H,2H2,1H3/t16-/m1/s1. The van der Waals surface area contributed by atoms with Crippen molar-refractivity contribution in [1.29, 1.82) is 0 Å². The fraction of sp³-hybridized carbons (Fsp3) is 0.188. The largest absolute Gasteiger partial charge is 0.291 e. The van der Waals surface area contributed by atoms with Gasteiger partial charge in [-0.2, -0.15) is 0 Å². The van der Waals surface area contributed by atoms with E-state index in [1.54, 1.807) is 24.3 Å². The van der Waals surface area contributed by atoms with Crippen LogP contribution in [0.25, 0.3) is 11.1 Å². The molecule has 21 heavy (non-hydrogen) atoms. The minimum Gasteiger partial charge on any atom is -0.291 e. The van der Waals surface area contributed by atoms with Crippen molar-refractivity contribution in [1.82, 2.24) is 0 Å². The first kappa shape index (κ1) is 15.7. The van der Waals surface area contributed by atoms with Crippen molar-refractivity contribution in [2.45, 2.75) is 11.6 Å². The van der Waals surface area contributed by atoms with E-state index in [9.17, 15) is 13.2 Å². The molecule has 0 aliphatic heterocycles. The Kier molecular flexibility index (Phi) is 4.80. The second-order valence-electron chi connectivity index (χ2n) is 4.58. The van der Waals surface area contributed by atoms with Crippen LogP contribution in [0.1, 0.15) is 17.3 Å². The van der Waals surface area contributed by atoms with Crippen molar-refractivity contribution in [3.8, 4) is 11.1 Å². The van der Waals surface area contributed by atoms with E-state index in [0.717, 1.165) is 11.1 Å². The first-order valence-electron chi connectivity index (χ1n) is 6.51. The molecule has 3 nitrogen and oxygen atoms in total. The summed E-state index contributed by atoms with van der Waals surface area (Å²) in [5.74, 6) is -0.743. The third-order valence-corrected chi connectivity index (χ3v) is 5.86. The van der Waals surface area contributed by atoms with E-state index in [0.29, 0.717) is 5.56 Å². The van der Waals surface area contributed by atoms with Gasteiger partial charge in [0.15, 0.2) is 20.3 Å². The predicted octanol–water partition coefficient (Wildman–Crippen LogP) is 3.54. The Morgan fingerprint density at radius 3 is 2.05 bits per heavy atom. The van der Waals surface area contributed by atoms with Gasteiger partial charge in [0.05, 0.1) is 0 Å². The van der Waals surface area contributed by atoms with E-state index in [-0.39, 0.29) is 5.75 Å². The summed E-state index contributed by atoms with van der Waals surface area (Å²) in [6.07, 6.45) is 0. The van der Waals surface area contributed by atoms with Crippen LogP contribution in [0, 0.1) is 0 Å². The molecule has 0 radical (unpaired) electrons. The normalized spacial score (nSPS) is 12.9. The summed E-state index contributed by atoms with van der Waals surface area (Å²) in [6.45, 7) is 1.47. The molecule has 0 spiro atoms. The predicted molar refractivity (Wildman–Crippen MR) is 85.3 cm³/mol. The third-order valence-electron chi connectivity index (χ3n) is 3.20. The van der Waals surface area contributed by atoms with Gasteiger partial charge in [0.2, 0.25) is 0 Å². The lowest BCUT2D eigenvalue weighted by Gasteiger charge is -2.09. The molecule has 110 valence electrons. The van der Waals surface area contributed by atoms with Gasteiger partial charge in [-0.15, -0.1) is 0 Å². The van der Waals surface area contributed by atoms with Gasteiger partial charge in [0.25, 0.3) is 0 Å². The lowest BCUT2D eigenvalue weighted by atomic mass is 10.0. The number of hydrogen-bond acceptors (Lipinski definition) is 3. The van der Waals surface area contributed by atoms with E-state index in [2.05, 4.69) is 0 Å². The number of rotatable bonds is 5. The van der Waals surface area contributed by atoms with Gasteiger partial charge in [0, 0.05) is 11.3 Å². The Morgan fingerprint density at radius 1 is 1.00 bits per heavy atom. The number of ketones is 1. The Hall–Kier alpha value is -1.65. The van der Waals surface area contributed by atoms with Crippen LogP contribution in [0.15, 0.2) is 54.6 Å². The number of Topliss-reactive ketones (excluding diaryl/α,β-unsaturated/α-hetero) is 1. The van der Waals surface area contributed by atoms with Gasteiger partial charge in [-0.3, -0.25) is 4.79 Å². The van der Waals surface area contributed by atoms with Crippen LogP contribution in [-0.2, 0) is 9.84 Å². The first-order valence-corrected chi connectivity index (χ1v) is 8.66. The summed E-state index contributed by atoms with van der Waals surface area (Å²) in [5.41, 5.74) is 2.28. The lowest BCUT2D eigenvalue weighted by Crippen LogP contribution is -2.26. The van der Waals surface area contributed by atoms with E-state index in [4.69, 9.17) is 11.6 Å². The molecule has 0 unspecified atom stereocenters. The number of sulfone groups is 1. The Labute approximate surface area is 129 Å². The second-order valence-corrected chi connectivity index (χ2v) is 7.64. The fourth-order valence-electron chi connectivity index (χ4n) is 1.90. The molecule has 0 N–H and O–H groups in total. The van der Waals surface area contributed by atoms with Crippen molar-refractivity contribution < 1.29 is 13.2 Å². The van der Waals surface area contributed by atoms with Gasteiger partial charge in [-0.1, -0.05) is 73.1 Å². The fourth-order valence-corrected chi connectivity index (χ4v) is 3.16. The average Bonchev–Trinajstić information content (AvgIpc) is 2.54. The highest BCUT2D eigenvalue weighted by Gasteiger charge is 2.29. The van der Waals surface area contributed by atoms with Gasteiger partial charge < -0.3 is 0 Å². The molecule has 0 aliphatic rings. The Balaban J connectivity index is 2.26. The molecule has 1 atom stereocenters. The maximum atomic E-state index is 12.1. The third kappa shape index (κ3) is 3.52. The summed E-state index contributed by atoms with van der Waals surface area (Å²) >= 11 is 5.78. The van der Waals surface area contributed by atoms with Crippen LogP contribution in [0.4, 0.5) is 0 Å². The summed E-state index contributed by atoms with van der Waals surface area (Å²) < 4.78 is 21.8. The quantitative estimate of drug-likeness (QED) is 0.625. The smallest absolute Gasteiger partial charge is 0.197 e. The van der Waals surface area contributed by atoms with Crippen molar-refractivity contribution in [2.75, 3.05) is 5.75 Å². The van der Waals surface area contributed by atoms with Crippen LogP contribution in [0.2, 0.25) is 0 Å². The molecule has 0 saturated carbocycles. The summed E-state index contributed by atoms with van der Waals surface area (Å²) in [4.78, 5) is 12.1. The highest BCUT2D eigenvalue weighted by Crippen LogP contribution is 2.21. The molecule has 0 heterocycles. The topological polar surface area (TPSA) is 51.2 Å². The van der Waals surface area contributed by atoms with Gasteiger partial charge in [-0.25, -0.2) is 8.42 Å². The number of benzene rings is 2. The zero-order valence-corrected chi connectivity index (χ0v) is 13.1. The molecular formula is C16H15ClO3S. The number of halogens is 1. The van der Waals surface area contributed by atoms with E-state index >= 15 is 0 Å². The molecule has 2 aromatic rings. The average molecular weight is 323 g/mol. The molecular weight excluding hydrogens is 308 g/mol. The molecule has 0 amide bonds. The van der Waals surface area contributed by atoms with Crippen molar-refractivity contribution in [3.63, 3.8) is 0 Å². The highest BCUT2D eigenvalue weighted by molar-refractivity contribution is 7.94. The summed E-state index contributed by atoms with van der Waals surface area (Å²) in [5, 5.41) is 0. The van der Waals surface area contributed by atoms with Gasteiger partial charge in [0.1, 0.15) is 0 Å². The van der Waals surface area contributed by atoms with Crippen LogP contribution < -0.4 is 0 Å². The number of hydrogen-bond donors (Lipinski definition) is 0. The van der Waals surface area contributed by atoms with Crippen molar-refractivity contribution in [2.24, 2.45) is 0 Å². The van der Waals surface area contributed by atoms with Crippen LogP contribution >= 0.6 is 11.6 Å². The molecule has 0 aromatic heterocycles. The molecule has 5 heteroatoms. The number of carbonyl (C=O) groups excluding carboxylic acids is 1. The molecule has 0 fully saturated rings. The zero-order chi connectivity index (χ0) is 15.5. The Morgan fingerprint density at radius 2 is 1.52 bits per heavy atom. The summed E-state index contributed by atoms with van der Waals surface area (Å²) in [7, 11) is -3.59. The minimum atomic E-state index is -3.59. The van der Waals surface area contributed by atoms with Gasteiger partial charge in [-0.05, 0) is 11.1 Å². The lowest BCUT2D eigenvalue weighted by molar-refractivity contribution is 0.101. The monoisotopic (exact) mass is 322 g/mol. The maximum absolute atomic E-state index is 12.1. The van der Waals surface area contributed by atoms with Crippen LogP contribution in [0.5, 0.6) is 0 Å². The van der Waals surface area contributed by atoms with E-state index in [1.807, 2.05) is 30.3 Å². The van der Waals surface area contributed by atoms with E-state index < -0.39 is 20.3 Å². The number of carbonyl (C=O) groups is 1. The molecule has 0 saturated heterocycles. The molecule has 0 bridgehead atoms. The second kappa shape index (κ2) is 6.41. The summed E-state index contributed by atoms with van der Waals surface area (Å²) in [6, 6.07) is 16.5. The van der Waals surface area contributed by atoms with Crippen molar-refractivity contribution >= 4 is 27.2 Å². The Bertz CT molecular complexity index is 722. The SMILES string of the molecule is CCS(=O)(=O)[C@@H](Cl)C(=O)c1ccc(-c2ccccc2)cc1. The maximum Gasteiger partial charge on any atom is 0.197 e. The highest BCUT2D eigenvalue weighted by atomic mass is 35.5. The van der Waals surface area contributed by atoms with Gasteiger partial charge >= 0.3 is 0 Å². The molecule has 2 rings (SSSR count). The molecule has 2 aromatic carbocycles. The van der Waals surface area contributed by atoms with E-state index in [1.165, 1.54) is 6.92 Å².